The Labute approximate surface area is 122 Å². The zero-order valence-electron chi connectivity index (χ0n) is 11.5. The molecule has 0 bridgehead atoms. The first-order valence-electron chi connectivity index (χ1n) is 6.29. The van der Waals surface area contributed by atoms with E-state index in [2.05, 4.69) is 5.32 Å². The molecule has 0 aliphatic carbocycles. The van der Waals surface area contributed by atoms with Gasteiger partial charge in [-0.2, -0.15) is 5.26 Å². The third kappa shape index (κ3) is 3.31. The number of nitriles is 1. The predicted octanol–water partition coefficient (Wildman–Crippen LogP) is 2.88. The van der Waals surface area contributed by atoms with Crippen molar-refractivity contribution >= 4 is 11.7 Å². The molecule has 0 radical (unpaired) electrons. The standard InChI is InChI=1S/C16H14N2O3/c1-21-15-8-11(9-17)6-7-14(15)18-10-12-4-2-3-5-13(12)16(19)20/h2-8,18H,10H2,1H3,(H,19,20). The van der Waals surface area contributed by atoms with Crippen LogP contribution in [0.3, 0.4) is 0 Å². The molecule has 0 aliphatic heterocycles. The van der Waals surface area contributed by atoms with E-state index in [0.29, 0.717) is 29.1 Å². The average Bonchev–Trinajstić information content (AvgIpc) is 2.52. The van der Waals surface area contributed by atoms with E-state index in [1.165, 1.54) is 7.11 Å². The van der Waals surface area contributed by atoms with E-state index < -0.39 is 5.97 Å². The van der Waals surface area contributed by atoms with Gasteiger partial charge in [0.05, 0.1) is 30.0 Å². The van der Waals surface area contributed by atoms with Crippen LogP contribution in [0.15, 0.2) is 42.5 Å². The molecular formula is C16H14N2O3. The Hall–Kier alpha value is -3.00. The molecule has 2 N–H and O–H groups in total. The topological polar surface area (TPSA) is 82.3 Å². The molecule has 0 heterocycles. The molecule has 0 saturated carbocycles. The normalized spacial score (nSPS) is 9.71. The highest BCUT2D eigenvalue weighted by Crippen LogP contribution is 2.26. The molecule has 0 aromatic heterocycles. The number of aromatic carboxylic acids is 1. The highest BCUT2D eigenvalue weighted by Gasteiger charge is 2.10. The van der Waals surface area contributed by atoms with E-state index in [4.69, 9.17) is 15.1 Å². The number of benzene rings is 2. The third-order valence-electron chi connectivity index (χ3n) is 3.05. The maximum Gasteiger partial charge on any atom is 0.336 e. The summed E-state index contributed by atoms with van der Waals surface area (Å²) in [6, 6.07) is 13.9. The number of hydrogen-bond acceptors (Lipinski definition) is 4. The number of ether oxygens (including phenoxy) is 1. The van der Waals surface area contributed by atoms with Crippen molar-refractivity contribution in [2.24, 2.45) is 0 Å². The Morgan fingerprint density at radius 2 is 2.10 bits per heavy atom. The van der Waals surface area contributed by atoms with Gasteiger partial charge in [0.2, 0.25) is 0 Å². The van der Waals surface area contributed by atoms with Crippen LogP contribution < -0.4 is 10.1 Å². The maximum atomic E-state index is 11.2. The molecular weight excluding hydrogens is 268 g/mol. The van der Waals surface area contributed by atoms with Crippen LogP contribution in [-0.2, 0) is 6.54 Å². The van der Waals surface area contributed by atoms with Crippen LogP contribution in [0.5, 0.6) is 5.75 Å². The van der Waals surface area contributed by atoms with Gasteiger partial charge in [-0.15, -0.1) is 0 Å². The second-order valence-electron chi connectivity index (χ2n) is 4.34. The number of methoxy groups -OCH3 is 1. The highest BCUT2D eigenvalue weighted by molar-refractivity contribution is 5.89. The Morgan fingerprint density at radius 1 is 1.33 bits per heavy atom. The molecule has 2 rings (SSSR count). The first kappa shape index (κ1) is 14.4. The number of hydrogen-bond donors (Lipinski definition) is 2. The van der Waals surface area contributed by atoms with Crippen molar-refractivity contribution < 1.29 is 14.6 Å². The van der Waals surface area contributed by atoms with E-state index in [0.717, 1.165) is 0 Å². The molecule has 2 aromatic rings. The predicted molar refractivity (Wildman–Crippen MR) is 78.4 cm³/mol. The van der Waals surface area contributed by atoms with Crippen molar-refractivity contribution in [3.63, 3.8) is 0 Å². The lowest BCUT2D eigenvalue weighted by atomic mass is 10.1. The average molecular weight is 282 g/mol. The summed E-state index contributed by atoms with van der Waals surface area (Å²) < 4.78 is 5.22. The summed E-state index contributed by atoms with van der Waals surface area (Å²) in [5.74, 6) is -0.416. The summed E-state index contributed by atoms with van der Waals surface area (Å²) in [5, 5.41) is 21.1. The number of rotatable bonds is 5. The minimum Gasteiger partial charge on any atom is -0.495 e. The number of nitrogens with one attached hydrogen (secondary N) is 1. The Kier molecular flexibility index (Phi) is 4.42. The van der Waals surface area contributed by atoms with Crippen molar-refractivity contribution in [1.29, 1.82) is 5.26 Å². The van der Waals surface area contributed by atoms with Gasteiger partial charge in [-0.05, 0) is 23.8 Å². The molecule has 21 heavy (non-hydrogen) atoms. The van der Waals surface area contributed by atoms with Crippen LogP contribution in [0.2, 0.25) is 0 Å². The van der Waals surface area contributed by atoms with Crippen molar-refractivity contribution in [3.05, 3.63) is 59.2 Å². The second-order valence-corrected chi connectivity index (χ2v) is 4.34. The van der Waals surface area contributed by atoms with Crippen LogP contribution in [0.25, 0.3) is 0 Å². The van der Waals surface area contributed by atoms with Crippen molar-refractivity contribution in [3.8, 4) is 11.8 Å². The molecule has 106 valence electrons. The van der Waals surface area contributed by atoms with Crippen molar-refractivity contribution in [2.45, 2.75) is 6.54 Å². The van der Waals surface area contributed by atoms with E-state index in [1.54, 1.807) is 42.5 Å². The van der Waals surface area contributed by atoms with Crippen LogP contribution in [0, 0.1) is 11.3 Å². The maximum absolute atomic E-state index is 11.2. The minimum atomic E-state index is -0.959. The Balaban J connectivity index is 2.21. The van der Waals surface area contributed by atoms with Crippen LogP contribution in [0.1, 0.15) is 21.5 Å². The molecule has 0 saturated heterocycles. The van der Waals surface area contributed by atoms with E-state index in [9.17, 15) is 4.79 Å². The lowest BCUT2D eigenvalue weighted by molar-refractivity contribution is 0.0696. The smallest absolute Gasteiger partial charge is 0.336 e. The van der Waals surface area contributed by atoms with Crippen LogP contribution >= 0.6 is 0 Å². The molecule has 2 aromatic carbocycles. The largest absolute Gasteiger partial charge is 0.495 e. The fourth-order valence-corrected chi connectivity index (χ4v) is 1.98. The zero-order valence-corrected chi connectivity index (χ0v) is 11.5. The number of carboxylic acid groups (broad SMARTS) is 1. The van der Waals surface area contributed by atoms with Crippen molar-refractivity contribution in [1.82, 2.24) is 0 Å². The quantitative estimate of drug-likeness (QED) is 0.881. The van der Waals surface area contributed by atoms with Gasteiger partial charge in [0.15, 0.2) is 0 Å². The number of carboxylic acids is 1. The third-order valence-corrected chi connectivity index (χ3v) is 3.05. The lowest BCUT2D eigenvalue weighted by Crippen LogP contribution is -2.07. The molecule has 0 amide bonds. The number of carbonyl (C=O) groups is 1. The highest BCUT2D eigenvalue weighted by atomic mass is 16.5. The van der Waals surface area contributed by atoms with Gasteiger partial charge < -0.3 is 15.2 Å². The summed E-state index contributed by atoms with van der Waals surface area (Å²) in [4.78, 5) is 11.2. The fraction of sp³-hybridized carbons (Fsp3) is 0.125. The summed E-state index contributed by atoms with van der Waals surface area (Å²) in [6.07, 6.45) is 0. The van der Waals surface area contributed by atoms with Crippen LogP contribution in [-0.4, -0.2) is 18.2 Å². The molecule has 0 aliphatic rings. The Morgan fingerprint density at radius 3 is 2.76 bits per heavy atom. The molecule has 0 atom stereocenters. The van der Waals surface area contributed by atoms with Crippen LogP contribution in [0.4, 0.5) is 5.69 Å². The monoisotopic (exact) mass is 282 g/mol. The number of anilines is 1. The fourth-order valence-electron chi connectivity index (χ4n) is 1.98. The summed E-state index contributed by atoms with van der Waals surface area (Å²) >= 11 is 0. The number of nitrogens with zero attached hydrogens (tertiary/aromatic N) is 1. The van der Waals surface area contributed by atoms with Crippen molar-refractivity contribution in [2.75, 3.05) is 12.4 Å². The summed E-state index contributed by atoms with van der Waals surface area (Å²) in [5.41, 5.74) is 2.15. The SMILES string of the molecule is COc1cc(C#N)ccc1NCc1ccccc1C(=O)O. The van der Waals surface area contributed by atoms with Gasteiger partial charge in [-0.25, -0.2) is 4.79 Å². The van der Waals surface area contributed by atoms with E-state index in [-0.39, 0.29) is 5.56 Å². The first-order valence-corrected chi connectivity index (χ1v) is 6.29. The molecule has 0 fully saturated rings. The van der Waals surface area contributed by atoms with Gasteiger partial charge in [0.25, 0.3) is 0 Å². The zero-order chi connectivity index (χ0) is 15.2. The van der Waals surface area contributed by atoms with Gasteiger partial charge in [0, 0.05) is 12.6 Å². The van der Waals surface area contributed by atoms with E-state index in [1.807, 2.05) is 6.07 Å². The lowest BCUT2D eigenvalue weighted by Gasteiger charge is -2.12. The van der Waals surface area contributed by atoms with Gasteiger partial charge >= 0.3 is 5.97 Å². The van der Waals surface area contributed by atoms with Gasteiger partial charge in [-0.1, -0.05) is 18.2 Å². The molecule has 0 spiro atoms. The summed E-state index contributed by atoms with van der Waals surface area (Å²) in [7, 11) is 1.52. The minimum absolute atomic E-state index is 0.262. The van der Waals surface area contributed by atoms with E-state index >= 15 is 0 Å². The Bertz CT molecular complexity index is 705. The summed E-state index contributed by atoms with van der Waals surface area (Å²) in [6.45, 7) is 0.352. The molecule has 5 nitrogen and oxygen atoms in total. The molecule has 5 heteroatoms. The first-order chi connectivity index (χ1) is 10.2. The van der Waals surface area contributed by atoms with Gasteiger partial charge in [0.1, 0.15) is 5.75 Å². The molecule has 0 unspecified atom stereocenters. The van der Waals surface area contributed by atoms with Gasteiger partial charge in [-0.3, -0.25) is 0 Å². The second kappa shape index (κ2) is 6.44.